The molecule has 1 N–H and O–H groups in total. The highest BCUT2D eigenvalue weighted by Gasteiger charge is 2.30. The number of nitrogens with zero attached hydrogens (tertiary/aromatic N) is 1. The number of thioether (sulfide) groups is 1. The van der Waals surface area contributed by atoms with Gasteiger partial charge in [-0.15, -0.1) is 0 Å². The fourth-order valence-electron chi connectivity index (χ4n) is 2.87. The molecular formula is C16H20N2O2S. The summed E-state index contributed by atoms with van der Waals surface area (Å²) in [6.45, 7) is 0. The highest BCUT2D eigenvalue weighted by atomic mass is 32.2. The Morgan fingerprint density at radius 3 is 2.81 bits per heavy atom. The molecule has 1 aromatic rings. The number of esters is 1. The SMILES string of the molecule is COC(=O)c1ccc(CSC2=N[C@@H]3CCCC[C@@H]3N2)cc1. The molecule has 0 bridgehead atoms. The summed E-state index contributed by atoms with van der Waals surface area (Å²) in [4.78, 5) is 16.2. The van der Waals surface area contributed by atoms with Crippen molar-refractivity contribution in [3.63, 3.8) is 0 Å². The van der Waals surface area contributed by atoms with Crippen molar-refractivity contribution < 1.29 is 9.53 Å². The number of rotatable bonds is 3. The Labute approximate surface area is 129 Å². The maximum Gasteiger partial charge on any atom is 0.337 e. The van der Waals surface area contributed by atoms with Crippen molar-refractivity contribution in [3.05, 3.63) is 35.4 Å². The molecule has 0 aromatic heterocycles. The van der Waals surface area contributed by atoms with Gasteiger partial charge in [0.05, 0.1) is 24.8 Å². The zero-order valence-corrected chi connectivity index (χ0v) is 13.0. The molecule has 1 aromatic carbocycles. The molecule has 0 radical (unpaired) electrons. The van der Waals surface area contributed by atoms with E-state index in [9.17, 15) is 4.79 Å². The zero-order valence-electron chi connectivity index (χ0n) is 12.2. The number of ether oxygens (including phenoxy) is 1. The first-order chi connectivity index (χ1) is 10.3. The Morgan fingerprint density at radius 2 is 2.10 bits per heavy atom. The molecule has 1 aliphatic carbocycles. The molecule has 0 unspecified atom stereocenters. The summed E-state index contributed by atoms with van der Waals surface area (Å²) in [6, 6.07) is 8.62. The van der Waals surface area contributed by atoms with Crippen molar-refractivity contribution in [2.45, 2.75) is 43.5 Å². The predicted octanol–water partition coefficient (Wildman–Crippen LogP) is 2.98. The number of benzene rings is 1. The summed E-state index contributed by atoms with van der Waals surface area (Å²) in [5, 5.41) is 4.61. The van der Waals surface area contributed by atoms with Gasteiger partial charge < -0.3 is 10.1 Å². The van der Waals surface area contributed by atoms with Crippen LogP contribution in [-0.4, -0.2) is 30.3 Å². The van der Waals surface area contributed by atoms with Gasteiger partial charge in [-0.05, 0) is 30.5 Å². The second-order valence-corrected chi connectivity index (χ2v) is 6.48. The normalized spacial score (nSPS) is 24.0. The summed E-state index contributed by atoms with van der Waals surface area (Å²) in [5.41, 5.74) is 1.78. The minimum absolute atomic E-state index is 0.292. The monoisotopic (exact) mass is 304 g/mol. The van der Waals surface area contributed by atoms with Gasteiger partial charge in [-0.3, -0.25) is 4.99 Å². The van der Waals surface area contributed by atoms with Crippen LogP contribution in [0.15, 0.2) is 29.3 Å². The molecule has 5 heteroatoms. The van der Waals surface area contributed by atoms with E-state index in [1.54, 1.807) is 11.8 Å². The first kappa shape index (κ1) is 14.4. The van der Waals surface area contributed by atoms with Crippen molar-refractivity contribution in [2.75, 3.05) is 7.11 Å². The number of fused-ring (bicyclic) bond motifs is 1. The summed E-state index contributed by atoms with van der Waals surface area (Å²) >= 11 is 1.75. The molecule has 4 nitrogen and oxygen atoms in total. The van der Waals surface area contributed by atoms with Crippen molar-refractivity contribution in [1.29, 1.82) is 0 Å². The van der Waals surface area contributed by atoms with E-state index in [-0.39, 0.29) is 5.97 Å². The molecule has 1 heterocycles. The van der Waals surface area contributed by atoms with Gasteiger partial charge in [-0.1, -0.05) is 36.7 Å². The summed E-state index contributed by atoms with van der Waals surface area (Å²) in [7, 11) is 1.40. The van der Waals surface area contributed by atoms with E-state index in [2.05, 4.69) is 5.32 Å². The van der Waals surface area contributed by atoms with Gasteiger partial charge in [0.15, 0.2) is 5.17 Å². The van der Waals surface area contributed by atoms with E-state index in [0.717, 1.165) is 10.9 Å². The van der Waals surface area contributed by atoms with Gasteiger partial charge in [-0.2, -0.15) is 0 Å². The van der Waals surface area contributed by atoms with Crippen molar-refractivity contribution in [1.82, 2.24) is 5.32 Å². The third kappa shape index (κ3) is 3.40. The van der Waals surface area contributed by atoms with E-state index in [0.29, 0.717) is 17.6 Å². The van der Waals surface area contributed by atoms with Crippen molar-refractivity contribution in [3.8, 4) is 0 Å². The molecule has 0 amide bonds. The lowest BCUT2D eigenvalue weighted by molar-refractivity contribution is 0.0600. The lowest BCUT2D eigenvalue weighted by Crippen LogP contribution is -2.36. The van der Waals surface area contributed by atoms with Crippen LogP contribution < -0.4 is 5.32 Å². The highest BCUT2D eigenvalue weighted by Crippen LogP contribution is 2.28. The summed E-state index contributed by atoms with van der Waals surface area (Å²) in [6.07, 6.45) is 5.08. The number of methoxy groups -OCH3 is 1. The maximum absolute atomic E-state index is 11.4. The zero-order chi connectivity index (χ0) is 14.7. The minimum atomic E-state index is -0.292. The fraction of sp³-hybridized carbons (Fsp3) is 0.500. The molecule has 2 atom stereocenters. The van der Waals surface area contributed by atoms with Gasteiger partial charge in [0.1, 0.15) is 0 Å². The third-order valence-corrected chi connectivity index (χ3v) is 5.05. The number of hydrogen-bond acceptors (Lipinski definition) is 5. The molecule has 21 heavy (non-hydrogen) atoms. The van der Waals surface area contributed by atoms with E-state index in [1.165, 1.54) is 38.4 Å². The standard InChI is InChI=1S/C16H20N2O2S/c1-20-15(19)12-8-6-11(7-9-12)10-21-16-17-13-4-2-3-5-14(13)18-16/h6-9,13-14H,2-5,10H2,1H3,(H,17,18)/t13-,14+. The Hall–Kier alpha value is -1.49. The molecule has 0 saturated heterocycles. The molecule has 0 spiro atoms. The third-order valence-electron chi connectivity index (χ3n) is 4.07. The van der Waals surface area contributed by atoms with Crippen LogP contribution in [0, 0.1) is 0 Å². The van der Waals surface area contributed by atoms with Crippen LogP contribution in [0.4, 0.5) is 0 Å². The smallest absolute Gasteiger partial charge is 0.337 e. The van der Waals surface area contributed by atoms with Crippen LogP contribution in [-0.2, 0) is 10.5 Å². The van der Waals surface area contributed by atoms with Gasteiger partial charge in [-0.25, -0.2) is 4.79 Å². The van der Waals surface area contributed by atoms with E-state index < -0.39 is 0 Å². The molecule has 3 rings (SSSR count). The Balaban J connectivity index is 1.54. The van der Waals surface area contributed by atoms with Gasteiger partial charge in [0.2, 0.25) is 0 Å². The fourth-order valence-corrected chi connectivity index (χ4v) is 3.81. The number of aliphatic imine (C=N–C) groups is 1. The predicted molar refractivity (Wildman–Crippen MR) is 85.7 cm³/mol. The van der Waals surface area contributed by atoms with Crippen LogP contribution in [0.3, 0.4) is 0 Å². The topological polar surface area (TPSA) is 50.7 Å². The second kappa shape index (κ2) is 6.52. The molecule has 1 fully saturated rings. The number of hydrogen-bond donors (Lipinski definition) is 1. The first-order valence-corrected chi connectivity index (χ1v) is 8.39. The molecule has 112 valence electrons. The van der Waals surface area contributed by atoms with Crippen LogP contribution >= 0.6 is 11.8 Å². The van der Waals surface area contributed by atoms with E-state index >= 15 is 0 Å². The van der Waals surface area contributed by atoms with E-state index in [1.807, 2.05) is 24.3 Å². The molecular weight excluding hydrogens is 284 g/mol. The molecule has 1 saturated carbocycles. The van der Waals surface area contributed by atoms with Crippen molar-refractivity contribution >= 4 is 22.9 Å². The van der Waals surface area contributed by atoms with Gasteiger partial charge >= 0.3 is 5.97 Å². The number of amidine groups is 1. The average molecular weight is 304 g/mol. The maximum atomic E-state index is 11.4. The first-order valence-electron chi connectivity index (χ1n) is 7.40. The van der Waals surface area contributed by atoms with Crippen LogP contribution in [0.25, 0.3) is 0 Å². The molecule has 1 aliphatic heterocycles. The average Bonchev–Trinajstić information content (AvgIpc) is 2.95. The number of carbonyl (C=O) groups excluding carboxylic acids is 1. The number of carbonyl (C=O) groups is 1. The minimum Gasteiger partial charge on any atom is -0.465 e. The van der Waals surface area contributed by atoms with Crippen molar-refractivity contribution in [2.24, 2.45) is 4.99 Å². The van der Waals surface area contributed by atoms with Gasteiger partial charge in [0.25, 0.3) is 0 Å². The lowest BCUT2D eigenvalue weighted by Gasteiger charge is -2.23. The van der Waals surface area contributed by atoms with Gasteiger partial charge in [0, 0.05) is 5.75 Å². The van der Waals surface area contributed by atoms with E-state index in [4.69, 9.17) is 9.73 Å². The Bertz CT molecular complexity index is 542. The number of nitrogens with one attached hydrogen (secondary N) is 1. The van der Waals surface area contributed by atoms with Crippen LogP contribution in [0.5, 0.6) is 0 Å². The molecule has 2 aliphatic rings. The summed E-state index contributed by atoms with van der Waals surface area (Å²) < 4.78 is 4.70. The Morgan fingerprint density at radius 1 is 1.33 bits per heavy atom. The second-order valence-electron chi connectivity index (χ2n) is 5.51. The highest BCUT2D eigenvalue weighted by molar-refractivity contribution is 8.13. The van der Waals surface area contributed by atoms with Crippen LogP contribution in [0.2, 0.25) is 0 Å². The lowest BCUT2D eigenvalue weighted by atomic mass is 9.92. The Kier molecular flexibility index (Phi) is 4.48. The largest absolute Gasteiger partial charge is 0.465 e. The quantitative estimate of drug-likeness (QED) is 0.872. The van der Waals surface area contributed by atoms with Crippen LogP contribution in [0.1, 0.15) is 41.6 Å². The summed E-state index contributed by atoms with van der Waals surface area (Å²) in [5.74, 6) is 0.576.